The highest BCUT2D eigenvalue weighted by Crippen LogP contribution is 2.22. The number of carbonyl (C=O) groups excluding carboxylic acids is 1. The van der Waals surface area contributed by atoms with Gasteiger partial charge < -0.3 is 10.0 Å². The largest absolute Gasteiger partial charge is 0.488 e. The van der Waals surface area contributed by atoms with Crippen molar-refractivity contribution in [3.8, 4) is 0 Å². The number of halogens is 1. The zero-order valence-electron chi connectivity index (χ0n) is 7.64. The van der Waals surface area contributed by atoms with Gasteiger partial charge in [-0.1, -0.05) is 40.2 Å². The number of hydrogen-bond acceptors (Lipinski definition) is 3. The predicted octanol–water partition coefficient (Wildman–Crippen LogP) is 0.391. The van der Waals surface area contributed by atoms with Crippen LogP contribution in [0.2, 0.25) is 0 Å². The first-order valence-electron chi connectivity index (χ1n) is 4.13. The molecule has 1 aromatic carbocycles. The molecular weight excluding hydrogens is 247 g/mol. The molecule has 0 saturated heterocycles. The summed E-state index contributed by atoms with van der Waals surface area (Å²) in [6.45, 7) is 1.47. The zero-order valence-corrected chi connectivity index (χ0v) is 9.23. The molecular formula is C9H10BBrO3. The van der Waals surface area contributed by atoms with Crippen molar-refractivity contribution in [3.63, 3.8) is 0 Å². The maximum Gasteiger partial charge on any atom is 0.488 e. The maximum atomic E-state index is 11.1. The summed E-state index contributed by atoms with van der Waals surface area (Å²) < 4.78 is 0. The van der Waals surface area contributed by atoms with Gasteiger partial charge in [-0.3, -0.25) is 4.79 Å². The first-order valence-corrected chi connectivity index (χ1v) is 5.04. The van der Waals surface area contributed by atoms with Crippen LogP contribution in [0.4, 0.5) is 0 Å². The minimum atomic E-state index is -1.50. The number of rotatable bonds is 3. The van der Waals surface area contributed by atoms with E-state index >= 15 is 0 Å². The smallest absolute Gasteiger partial charge is 0.423 e. The van der Waals surface area contributed by atoms with E-state index in [2.05, 4.69) is 15.9 Å². The van der Waals surface area contributed by atoms with Gasteiger partial charge in [0.15, 0.2) is 0 Å². The van der Waals surface area contributed by atoms with Gasteiger partial charge in [-0.2, -0.15) is 0 Å². The van der Waals surface area contributed by atoms with Crippen molar-refractivity contribution in [2.75, 3.05) is 0 Å². The van der Waals surface area contributed by atoms with Crippen LogP contribution in [0.1, 0.15) is 17.3 Å². The summed E-state index contributed by atoms with van der Waals surface area (Å²) in [6, 6.07) is 6.62. The van der Waals surface area contributed by atoms with E-state index in [0.717, 1.165) is 5.56 Å². The SMILES string of the molecule is CC(=O)C(Br)c1cccc(B(O)O)c1. The van der Waals surface area contributed by atoms with Crippen molar-refractivity contribution in [1.82, 2.24) is 0 Å². The van der Waals surface area contributed by atoms with Crippen LogP contribution >= 0.6 is 15.9 Å². The molecule has 3 nitrogen and oxygen atoms in total. The van der Waals surface area contributed by atoms with Gasteiger partial charge in [-0.15, -0.1) is 0 Å². The van der Waals surface area contributed by atoms with Crippen LogP contribution < -0.4 is 5.46 Å². The third-order valence-electron chi connectivity index (χ3n) is 1.86. The monoisotopic (exact) mass is 256 g/mol. The summed E-state index contributed by atoms with van der Waals surface area (Å²) in [7, 11) is -1.50. The molecule has 0 aliphatic heterocycles. The molecule has 0 bridgehead atoms. The van der Waals surface area contributed by atoms with Gasteiger partial charge in [0.05, 0.1) is 4.83 Å². The van der Waals surface area contributed by atoms with Crippen LogP contribution in [0.25, 0.3) is 0 Å². The van der Waals surface area contributed by atoms with Crippen LogP contribution in [0.15, 0.2) is 24.3 Å². The number of Topliss-reactive ketones (excluding diaryl/α,β-unsaturated/α-hetero) is 1. The van der Waals surface area contributed by atoms with Crippen LogP contribution in [0, 0.1) is 0 Å². The summed E-state index contributed by atoms with van der Waals surface area (Å²) in [6.07, 6.45) is 0. The molecule has 0 spiro atoms. The molecule has 0 amide bonds. The van der Waals surface area contributed by atoms with Crippen LogP contribution in [0.5, 0.6) is 0 Å². The van der Waals surface area contributed by atoms with E-state index in [9.17, 15) is 4.79 Å². The molecule has 0 aromatic heterocycles. The van der Waals surface area contributed by atoms with Gasteiger partial charge in [0.1, 0.15) is 5.78 Å². The first-order chi connectivity index (χ1) is 6.52. The number of ketones is 1. The Morgan fingerprint density at radius 1 is 1.50 bits per heavy atom. The Hall–Kier alpha value is -0.645. The van der Waals surface area contributed by atoms with E-state index in [-0.39, 0.29) is 10.6 Å². The molecule has 2 N–H and O–H groups in total. The van der Waals surface area contributed by atoms with E-state index in [0.29, 0.717) is 5.46 Å². The molecule has 14 heavy (non-hydrogen) atoms. The second kappa shape index (κ2) is 4.73. The molecule has 1 aromatic rings. The van der Waals surface area contributed by atoms with Gasteiger partial charge >= 0.3 is 7.12 Å². The number of hydrogen-bond donors (Lipinski definition) is 2. The zero-order chi connectivity index (χ0) is 10.7. The highest BCUT2D eigenvalue weighted by Gasteiger charge is 2.16. The lowest BCUT2D eigenvalue weighted by molar-refractivity contribution is -0.116. The normalized spacial score (nSPS) is 12.3. The van der Waals surface area contributed by atoms with Crippen molar-refractivity contribution in [2.45, 2.75) is 11.8 Å². The Bertz CT molecular complexity index is 341. The lowest BCUT2D eigenvalue weighted by Crippen LogP contribution is -2.30. The number of benzene rings is 1. The van der Waals surface area contributed by atoms with Gasteiger partial charge in [0, 0.05) is 0 Å². The lowest BCUT2D eigenvalue weighted by atomic mass is 9.79. The maximum absolute atomic E-state index is 11.1. The Morgan fingerprint density at radius 2 is 2.14 bits per heavy atom. The van der Waals surface area contributed by atoms with Crippen molar-refractivity contribution < 1.29 is 14.8 Å². The van der Waals surface area contributed by atoms with Crippen LogP contribution in [-0.4, -0.2) is 22.9 Å². The molecule has 0 aliphatic rings. The molecule has 74 valence electrons. The fourth-order valence-electron chi connectivity index (χ4n) is 1.11. The Kier molecular flexibility index (Phi) is 3.86. The lowest BCUT2D eigenvalue weighted by Gasteiger charge is -2.07. The van der Waals surface area contributed by atoms with E-state index < -0.39 is 7.12 Å². The quantitative estimate of drug-likeness (QED) is 0.608. The van der Waals surface area contributed by atoms with E-state index in [1.807, 2.05) is 0 Å². The van der Waals surface area contributed by atoms with Gasteiger partial charge in [0.2, 0.25) is 0 Å². The molecule has 1 atom stereocenters. The third-order valence-corrected chi connectivity index (χ3v) is 3.03. The fraction of sp³-hybridized carbons (Fsp3) is 0.222. The summed E-state index contributed by atoms with van der Waals surface area (Å²) in [5.41, 5.74) is 1.11. The minimum absolute atomic E-state index is 0.0189. The predicted molar refractivity (Wildman–Crippen MR) is 58.6 cm³/mol. The summed E-state index contributed by atoms with van der Waals surface area (Å²) >= 11 is 3.22. The van der Waals surface area contributed by atoms with E-state index in [1.54, 1.807) is 24.3 Å². The van der Waals surface area contributed by atoms with Gasteiger partial charge in [-0.05, 0) is 17.9 Å². The molecule has 0 radical (unpaired) electrons. The Balaban J connectivity index is 2.99. The van der Waals surface area contributed by atoms with Crippen molar-refractivity contribution in [3.05, 3.63) is 29.8 Å². The molecule has 0 heterocycles. The first kappa shape index (κ1) is 11.4. The molecule has 1 unspecified atom stereocenters. The minimum Gasteiger partial charge on any atom is -0.423 e. The Labute approximate surface area is 91.0 Å². The number of carbonyl (C=O) groups is 1. The standard InChI is InChI=1S/C9H10BBrO3/c1-6(12)9(11)7-3-2-4-8(5-7)10(13)14/h2-5,9,13-14H,1H3. The van der Waals surface area contributed by atoms with E-state index in [1.165, 1.54) is 6.92 Å². The topological polar surface area (TPSA) is 57.5 Å². The summed E-state index contributed by atoms with van der Waals surface area (Å²) in [4.78, 5) is 10.7. The van der Waals surface area contributed by atoms with Crippen molar-refractivity contribution in [1.29, 1.82) is 0 Å². The van der Waals surface area contributed by atoms with Crippen molar-refractivity contribution >= 4 is 34.3 Å². The second-order valence-corrected chi connectivity index (χ2v) is 3.93. The van der Waals surface area contributed by atoms with Crippen LogP contribution in [-0.2, 0) is 4.79 Å². The average Bonchev–Trinajstić information content (AvgIpc) is 2.16. The summed E-state index contributed by atoms with van der Waals surface area (Å²) in [5.74, 6) is -0.0189. The number of alkyl halides is 1. The third kappa shape index (κ3) is 2.67. The molecule has 0 aliphatic carbocycles. The Morgan fingerprint density at radius 3 is 2.64 bits per heavy atom. The van der Waals surface area contributed by atoms with Crippen molar-refractivity contribution in [2.24, 2.45) is 0 Å². The molecule has 1 rings (SSSR count). The highest BCUT2D eigenvalue weighted by molar-refractivity contribution is 9.09. The molecule has 0 saturated carbocycles. The van der Waals surface area contributed by atoms with Crippen LogP contribution in [0.3, 0.4) is 0 Å². The molecule has 0 fully saturated rings. The van der Waals surface area contributed by atoms with Gasteiger partial charge in [-0.25, -0.2) is 0 Å². The van der Waals surface area contributed by atoms with Gasteiger partial charge in [0.25, 0.3) is 0 Å². The fourth-order valence-corrected chi connectivity index (χ4v) is 1.40. The summed E-state index contributed by atoms with van der Waals surface area (Å²) in [5, 5.41) is 17.8. The highest BCUT2D eigenvalue weighted by atomic mass is 79.9. The van der Waals surface area contributed by atoms with E-state index in [4.69, 9.17) is 10.0 Å². The average molecular weight is 257 g/mol. The molecule has 5 heteroatoms. The second-order valence-electron chi connectivity index (χ2n) is 3.02.